The first-order valence-electron chi connectivity index (χ1n) is 13.9. The summed E-state index contributed by atoms with van der Waals surface area (Å²) in [6, 6.07) is 9.34. The van der Waals surface area contributed by atoms with Gasteiger partial charge in [0, 0.05) is 38.8 Å². The summed E-state index contributed by atoms with van der Waals surface area (Å²) in [5, 5.41) is 3.40. The normalized spacial score (nSPS) is 24.4. The van der Waals surface area contributed by atoms with Gasteiger partial charge in [-0.05, 0) is 68.1 Å². The molecule has 4 fully saturated rings. The zero-order valence-corrected chi connectivity index (χ0v) is 22.3. The van der Waals surface area contributed by atoms with Crippen molar-refractivity contribution in [1.82, 2.24) is 29.3 Å². The van der Waals surface area contributed by atoms with Crippen molar-refractivity contribution >= 4 is 23.0 Å². The lowest BCUT2D eigenvalue weighted by Gasteiger charge is -2.64. The molecule has 1 unspecified atom stereocenters. The molecule has 2 N–H and O–H groups in total. The van der Waals surface area contributed by atoms with E-state index in [1.54, 1.807) is 10.8 Å². The first kappa shape index (κ1) is 24.9. The van der Waals surface area contributed by atoms with Gasteiger partial charge in [-0.3, -0.25) is 14.3 Å². The van der Waals surface area contributed by atoms with Gasteiger partial charge in [0.2, 0.25) is 11.9 Å². The molecule has 1 saturated heterocycles. The van der Waals surface area contributed by atoms with Crippen molar-refractivity contribution in [3.8, 4) is 0 Å². The van der Waals surface area contributed by atoms with Crippen LogP contribution in [-0.2, 0) is 11.3 Å². The maximum atomic E-state index is 12.1. The van der Waals surface area contributed by atoms with Gasteiger partial charge >= 0.3 is 5.69 Å². The third-order valence-corrected chi connectivity index (χ3v) is 9.03. The molecule has 200 valence electrons. The van der Waals surface area contributed by atoms with Crippen molar-refractivity contribution in [3.05, 3.63) is 64.7 Å². The third kappa shape index (κ3) is 4.42. The highest BCUT2D eigenvalue weighted by molar-refractivity contribution is 5.87. The van der Waals surface area contributed by atoms with Crippen LogP contribution in [0.3, 0.4) is 0 Å². The Kier molecular flexibility index (Phi) is 6.34. The Morgan fingerprint density at radius 3 is 2.47 bits per heavy atom. The smallest absolute Gasteiger partial charge is 0.327 e. The molecule has 3 aromatic rings. The minimum Gasteiger partial charge on any atom is -0.348 e. The van der Waals surface area contributed by atoms with Crippen LogP contribution < -0.4 is 11.0 Å². The van der Waals surface area contributed by atoms with E-state index < -0.39 is 0 Å². The Bertz CT molecular complexity index is 1380. The van der Waals surface area contributed by atoms with Gasteiger partial charge in [-0.2, -0.15) is 4.98 Å². The van der Waals surface area contributed by atoms with Gasteiger partial charge in [0.1, 0.15) is 5.52 Å². The van der Waals surface area contributed by atoms with E-state index in [2.05, 4.69) is 62.9 Å². The quantitative estimate of drug-likeness (QED) is 0.420. The fourth-order valence-electron chi connectivity index (χ4n) is 6.75. The van der Waals surface area contributed by atoms with E-state index in [-0.39, 0.29) is 17.6 Å². The van der Waals surface area contributed by atoms with Crippen LogP contribution in [0.2, 0.25) is 0 Å². The number of rotatable bonds is 9. The zero-order chi connectivity index (χ0) is 26.4. The lowest BCUT2D eigenvalue weighted by Crippen LogP contribution is -2.55. The Balaban J connectivity index is 1.17. The van der Waals surface area contributed by atoms with E-state index >= 15 is 0 Å². The molecule has 0 radical (unpaired) electrons. The van der Waals surface area contributed by atoms with E-state index in [4.69, 9.17) is 0 Å². The molecular formula is C29H37N7O2. The number of carbonyl (C=O) groups excluding carboxylic acids is 1. The second-order valence-electron chi connectivity index (χ2n) is 11.4. The van der Waals surface area contributed by atoms with E-state index in [0.717, 1.165) is 37.7 Å². The van der Waals surface area contributed by atoms with Crippen LogP contribution in [0, 0.1) is 11.3 Å². The first-order valence-corrected chi connectivity index (χ1v) is 13.9. The molecule has 1 amide bonds. The molecule has 3 aliphatic carbocycles. The lowest BCUT2D eigenvalue weighted by molar-refractivity contribution is -0.134. The van der Waals surface area contributed by atoms with Crippen LogP contribution >= 0.6 is 0 Å². The molecular weight excluding hydrogens is 478 g/mol. The summed E-state index contributed by atoms with van der Waals surface area (Å²) in [6.07, 6.45) is 8.44. The minimum atomic E-state index is -0.167. The van der Waals surface area contributed by atoms with Gasteiger partial charge in [-0.25, -0.2) is 9.78 Å². The third-order valence-electron chi connectivity index (χ3n) is 9.03. The monoisotopic (exact) mass is 515 g/mol. The number of aromatic nitrogens is 4. The predicted octanol–water partition coefficient (Wildman–Crippen LogP) is 3.87. The van der Waals surface area contributed by atoms with Crippen molar-refractivity contribution < 1.29 is 4.79 Å². The largest absolute Gasteiger partial charge is 0.348 e. The Morgan fingerprint density at radius 2 is 1.87 bits per heavy atom. The van der Waals surface area contributed by atoms with Crippen LogP contribution in [0.1, 0.15) is 62.7 Å². The number of piperazine rings is 1. The molecule has 2 atom stereocenters. The van der Waals surface area contributed by atoms with Crippen LogP contribution in [0.4, 0.5) is 5.95 Å². The standard InChI is InChI=1S/C29H37N7O2/c1-4-25(37)35-12-10-34(11-13-35)24(17-29-14-20(15-29)16-29)22-8-6-21(7-9-22)19(3)31-27-30-18-23-26(33-27)36(5-2)28(38)32-23/h4,6-9,18-20,24H,1,5,10-17H2,2-3H3,(H,32,38)(H,30,31,33)/t19-,20?,24?,29?/m0/s1. The maximum Gasteiger partial charge on any atom is 0.327 e. The number of fused-ring (bicyclic) bond motifs is 1. The number of amides is 1. The highest BCUT2D eigenvalue weighted by Crippen LogP contribution is 2.68. The van der Waals surface area contributed by atoms with Gasteiger partial charge < -0.3 is 15.2 Å². The zero-order valence-electron chi connectivity index (χ0n) is 22.3. The average molecular weight is 516 g/mol. The van der Waals surface area contributed by atoms with E-state index in [1.807, 2.05) is 11.8 Å². The van der Waals surface area contributed by atoms with E-state index in [1.165, 1.54) is 37.3 Å². The molecule has 7 rings (SSSR count). The lowest BCUT2D eigenvalue weighted by atomic mass is 9.42. The summed E-state index contributed by atoms with van der Waals surface area (Å²) in [5.74, 6) is 1.50. The Labute approximate surface area is 223 Å². The molecule has 9 heteroatoms. The van der Waals surface area contributed by atoms with Crippen molar-refractivity contribution in [2.24, 2.45) is 11.3 Å². The average Bonchev–Trinajstić information content (AvgIpc) is 3.21. The second kappa shape index (κ2) is 9.69. The number of nitrogens with one attached hydrogen (secondary N) is 2. The highest BCUT2D eigenvalue weighted by atomic mass is 16.2. The van der Waals surface area contributed by atoms with Gasteiger partial charge in [-0.1, -0.05) is 30.8 Å². The number of benzene rings is 1. The molecule has 0 spiro atoms. The molecule has 9 nitrogen and oxygen atoms in total. The topological polar surface area (TPSA) is 99.2 Å². The number of nitrogens with zero attached hydrogens (tertiary/aromatic N) is 5. The Hall–Kier alpha value is -3.46. The van der Waals surface area contributed by atoms with Crippen molar-refractivity contribution in [1.29, 1.82) is 0 Å². The number of hydrogen-bond donors (Lipinski definition) is 2. The van der Waals surface area contributed by atoms with Crippen molar-refractivity contribution in [3.63, 3.8) is 0 Å². The number of hydrogen-bond acceptors (Lipinski definition) is 6. The summed E-state index contributed by atoms with van der Waals surface area (Å²) in [4.78, 5) is 40.5. The van der Waals surface area contributed by atoms with Gasteiger partial charge in [-0.15, -0.1) is 0 Å². The number of imidazole rings is 1. The maximum absolute atomic E-state index is 12.1. The fraction of sp³-hybridized carbons (Fsp3) is 0.517. The summed E-state index contributed by atoms with van der Waals surface area (Å²) in [6.45, 7) is 11.5. The predicted molar refractivity (Wildman–Crippen MR) is 148 cm³/mol. The molecule has 38 heavy (non-hydrogen) atoms. The fourth-order valence-corrected chi connectivity index (χ4v) is 6.75. The molecule has 2 bridgehead atoms. The molecule has 1 aliphatic heterocycles. The first-order chi connectivity index (χ1) is 18.4. The number of H-pyrrole nitrogens is 1. The Morgan fingerprint density at radius 1 is 1.18 bits per heavy atom. The van der Waals surface area contributed by atoms with Gasteiger partial charge in [0.05, 0.1) is 12.2 Å². The summed E-state index contributed by atoms with van der Waals surface area (Å²) >= 11 is 0. The molecule has 3 saturated carbocycles. The minimum absolute atomic E-state index is 0.00627. The van der Waals surface area contributed by atoms with Crippen molar-refractivity contribution in [2.45, 2.75) is 58.2 Å². The highest BCUT2D eigenvalue weighted by Gasteiger charge is 2.57. The molecule has 3 heterocycles. The van der Waals surface area contributed by atoms with Crippen LogP contribution in [0.25, 0.3) is 11.2 Å². The van der Waals surface area contributed by atoms with Crippen molar-refractivity contribution in [2.75, 3.05) is 31.5 Å². The van der Waals surface area contributed by atoms with Crippen LogP contribution in [0.5, 0.6) is 0 Å². The molecule has 2 aromatic heterocycles. The second-order valence-corrected chi connectivity index (χ2v) is 11.4. The van der Waals surface area contributed by atoms with E-state index in [0.29, 0.717) is 35.1 Å². The van der Waals surface area contributed by atoms with Crippen LogP contribution in [-0.4, -0.2) is 61.4 Å². The number of aryl methyl sites for hydroxylation is 1. The molecule has 1 aromatic carbocycles. The van der Waals surface area contributed by atoms with Gasteiger partial charge in [0.15, 0.2) is 5.65 Å². The number of aromatic amines is 1. The van der Waals surface area contributed by atoms with E-state index in [9.17, 15) is 9.59 Å². The number of anilines is 1. The SMILES string of the molecule is C=CC(=O)N1CCN(C(CC23CC(C2)C3)c2ccc([C@H](C)Nc3ncc4[nH]c(=O)n(CC)c4n3)cc2)CC1. The summed E-state index contributed by atoms with van der Waals surface area (Å²) < 4.78 is 1.61. The number of carbonyl (C=O) groups is 1. The van der Waals surface area contributed by atoms with Crippen LogP contribution in [0.15, 0.2) is 47.9 Å². The summed E-state index contributed by atoms with van der Waals surface area (Å²) in [5.41, 5.74) is 4.13. The molecule has 4 aliphatic rings. The summed E-state index contributed by atoms with van der Waals surface area (Å²) in [7, 11) is 0. The van der Waals surface area contributed by atoms with Gasteiger partial charge in [0.25, 0.3) is 0 Å².